The van der Waals surface area contributed by atoms with Gasteiger partial charge in [-0.1, -0.05) is 30.3 Å². The lowest BCUT2D eigenvalue weighted by molar-refractivity contribution is -0.113. The Bertz CT molecular complexity index is 1090. The molecule has 3 heterocycles. The molecule has 1 aliphatic heterocycles. The lowest BCUT2D eigenvalue weighted by Crippen LogP contribution is -2.45. The van der Waals surface area contributed by atoms with Crippen molar-refractivity contribution < 1.29 is 9.21 Å². The van der Waals surface area contributed by atoms with Gasteiger partial charge in [0.05, 0.1) is 11.1 Å². The first-order valence-electron chi connectivity index (χ1n) is 9.73. The van der Waals surface area contributed by atoms with Crippen LogP contribution in [0.1, 0.15) is 45.4 Å². The van der Waals surface area contributed by atoms with Crippen molar-refractivity contribution in [3.63, 3.8) is 0 Å². The molecule has 2 aromatic rings. The van der Waals surface area contributed by atoms with Gasteiger partial charge in [0.15, 0.2) is 5.42 Å². The summed E-state index contributed by atoms with van der Waals surface area (Å²) in [6.45, 7) is 1.90. The summed E-state index contributed by atoms with van der Waals surface area (Å²) in [7, 11) is 0. The average Bonchev–Trinajstić information content (AvgIpc) is 3.42. The molecule has 1 saturated carbocycles. The minimum Gasteiger partial charge on any atom is -0.424 e. The van der Waals surface area contributed by atoms with Gasteiger partial charge in [-0.3, -0.25) is 15.4 Å². The van der Waals surface area contributed by atoms with Crippen LogP contribution in [0.4, 0.5) is 11.1 Å². The number of amides is 1. The van der Waals surface area contributed by atoms with Crippen molar-refractivity contribution in [2.24, 2.45) is 4.99 Å². The molecule has 10 heteroatoms. The maximum Gasteiger partial charge on any atom is 0.302 e. The smallest absolute Gasteiger partial charge is 0.302 e. The lowest BCUT2D eigenvalue weighted by Gasteiger charge is -2.33. The maximum atomic E-state index is 13.0. The third-order valence-corrected chi connectivity index (χ3v) is 6.06. The molecule has 150 valence electrons. The Kier molecular flexibility index (Phi) is 4.42. The Labute approximate surface area is 170 Å². The average molecular weight is 411 g/mol. The predicted octanol–water partition coefficient (Wildman–Crippen LogP) is 1.48. The van der Waals surface area contributed by atoms with E-state index in [2.05, 4.69) is 37.2 Å². The van der Waals surface area contributed by atoms with Gasteiger partial charge in [0, 0.05) is 5.70 Å². The van der Waals surface area contributed by atoms with Crippen molar-refractivity contribution in [3.8, 4) is 0 Å². The van der Waals surface area contributed by atoms with Gasteiger partial charge in [0.2, 0.25) is 11.1 Å². The molecule has 0 unspecified atom stereocenters. The second kappa shape index (κ2) is 7.11. The molecule has 0 radical (unpaired) electrons. The monoisotopic (exact) mass is 411 g/mol. The van der Waals surface area contributed by atoms with Crippen LogP contribution in [0.3, 0.4) is 0 Å². The van der Waals surface area contributed by atoms with Crippen LogP contribution in [0.2, 0.25) is 0 Å². The number of carbonyl (C=O) groups excluding carboxylic acids is 1. The van der Waals surface area contributed by atoms with Crippen LogP contribution < -0.4 is 26.7 Å². The number of hydrogen-bond acceptors (Lipinski definition) is 9. The second-order valence-corrected chi connectivity index (χ2v) is 8.23. The minimum atomic E-state index is -0.559. The van der Waals surface area contributed by atoms with E-state index in [1.54, 1.807) is 5.51 Å². The van der Waals surface area contributed by atoms with Gasteiger partial charge in [0.25, 0.3) is 5.91 Å². The topological polar surface area (TPSA) is 117 Å². The van der Waals surface area contributed by atoms with Crippen LogP contribution >= 0.6 is 11.3 Å². The summed E-state index contributed by atoms with van der Waals surface area (Å²) in [5.74, 6) is 0.364. The number of fused-ring (bicyclic) bond motifs is 1. The summed E-state index contributed by atoms with van der Waals surface area (Å²) in [5.41, 5.74) is 3.24. The van der Waals surface area contributed by atoms with E-state index in [1.807, 2.05) is 13.0 Å². The van der Waals surface area contributed by atoms with Gasteiger partial charge in [-0.2, -0.15) is 4.98 Å². The van der Waals surface area contributed by atoms with Gasteiger partial charge in [-0.25, -0.2) is 4.99 Å². The van der Waals surface area contributed by atoms with Crippen molar-refractivity contribution in [2.45, 2.75) is 51.0 Å². The van der Waals surface area contributed by atoms with Crippen molar-refractivity contribution >= 4 is 46.5 Å². The number of allylic oxidation sites excluding steroid dienone is 1. The molecule has 2 aliphatic carbocycles. The summed E-state index contributed by atoms with van der Waals surface area (Å²) in [6.07, 6.45) is 9.73. The molecule has 3 aliphatic rings. The van der Waals surface area contributed by atoms with Crippen LogP contribution in [0, 0.1) is 0 Å². The van der Waals surface area contributed by atoms with Crippen LogP contribution in [0.15, 0.2) is 26.2 Å². The van der Waals surface area contributed by atoms with Crippen LogP contribution in [-0.4, -0.2) is 32.6 Å². The van der Waals surface area contributed by atoms with Crippen LogP contribution in [-0.2, 0) is 4.79 Å². The summed E-state index contributed by atoms with van der Waals surface area (Å²) >= 11 is 1.29. The number of oxazole rings is 1. The van der Waals surface area contributed by atoms with E-state index >= 15 is 0 Å². The number of carbonyl (C=O) groups is 1. The molecule has 0 bridgehead atoms. The molecule has 0 aromatic carbocycles. The molecule has 1 amide bonds. The first-order valence-corrected chi connectivity index (χ1v) is 10.6. The lowest BCUT2D eigenvalue weighted by atomic mass is 9.85. The highest BCUT2D eigenvalue weighted by atomic mass is 32.1. The SMILES string of the molecule is CC1=C(C(=O)Nc2nncs2)C2(CCCC2)N=C(Nc2nc3c(o2)=CCCC=3)N1. The number of hydrogen-bond donors (Lipinski definition) is 3. The fraction of sp³-hybridized carbons (Fsp3) is 0.421. The van der Waals surface area contributed by atoms with Crippen molar-refractivity contribution in [3.05, 3.63) is 27.5 Å². The molecule has 1 spiro atoms. The van der Waals surface area contributed by atoms with Crippen LogP contribution in [0.5, 0.6) is 0 Å². The molecule has 0 atom stereocenters. The maximum absolute atomic E-state index is 13.0. The number of aliphatic imine (C=N–C) groups is 1. The molecule has 1 fully saturated rings. The fourth-order valence-electron chi connectivity index (χ4n) is 4.26. The molecule has 5 rings (SSSR count). The highest BCUT2D eigenvalue weighted by Crippen LogP contribution is 2.42. The Hall–Kier alpha value is -3.01. The number of nitrogens with one attached hydrogen (secondary N) is 3. The first kappa shape index (κ1) is 18.0. The van der Waals surface area contributed by atoms with E-state index < -0.39 is 5.54 Å². The van der Waals surface area contributed by atoms with E-state index in [-0.39, 0.29) is 5.91 Å². The molecule has 3 N–H and O–H groups in total. The number of rotatable bonds is 3. The van der Waals surface area contributed by atoms with Gasteiger partial charge >= 0.3 is 6.01 Å². The molecule has 0 saturated heterocycles. The Balaban J connectivity index is 1.44. The fourth-order valence-corrected chi connectivity index (χ4v) is 4.70. The molecule has 9 nitrogen and oxygen atoms in total. The van der Waals surface area contributed by atoms with E-state index in [1.165, 1.54) is 11.3 Å². The number of guanidine groups is 1. The molecular weight excluding hydrogens is 390 g/mol. The molecule has 2 aromatic heterocycles. The van der Waals surface area contributed by atoms with Crippen molar-refractivity contribution in [1.82, 2.24) is 20.5 Å². The third-order valence-electron chi connectivity index (χ3n) is 5.45. The largest absolute Gasteiger partial charge is 0.424 e. The van der Waals surface area contributed by atoms with Gasteiger partial charge < -0.3 is 9.73 Å². The van der Waals surface area contributed by atoms with Crippen LogP contribution in [0.25, 0.3) is 12.2 Å². The predicted molar refractivity (Wildman–Crippen MR) is 111 cm³/mol. The zero-order chi connectivity index (χ0) is 19.8. The summed E-state index contributed by atoms with van der Waals surface area (Å²) in [4.78, 5) is 22.4. The Morgan fingerprint density at radius 3 is 2.86 bits per heavy atom. The van der Waals surface area contributed by atoms with Gasteiger partial charge in [-0.05, 0) is 38.7 Å². The molecule has 29 heavy (non-hydrogen) atoms. The summed E-state index contributed by atoms with van der Waals surface area (Å²) in [6, 6.07) is 0.401. The molecular formula is C19H21N7O2S. The van der Waals surface area contributed by atoms with E-state index in [0.29, 0.717) is 22.7 Å². The normalized spacial score (nSPS) is 19.7. The third kappa shape index (κ3) is 3.33. The van der Waals surface area contributed by atoms with Crippen molar-refractivity contribution in [1.29, 1.82) is 0 Å². The second-order valence-electron chi connectivity index (χ2n) is 7.40. The highest BCUT2D eigenvalue weighted by molar-refractivity contribution is 7.13. The standard InChI is InChI=1S/C19H21N7O2S/c1-11-14(15(27)23-18-26-20-10-29-18)19(8-4-5-9-19)25-16(21-11)24-17-22-12-6-2-3-7-13(12)28-17/h6-7,10H,2-5,8-9H2,1H3,(H,23,26,27)(H2,21,22,24,25). The van der Waals surface area contributed by atoms with E-state index in [4.69, 9.17) is 9.41 Å². The number of nitrogens with zero attached hydrogens (tertiary/aromatic N) is 4. The number of aromatic nitrogens is 3. The summed E-state index contributed by atoms with van der Waals surface area (Å²) < 4.78 is 5.80. The number of anilines is 2. The minimum absolute atomic E-state index is 0.188. The Morgan fingerprint density at radius 1 is 1.28 bits per heavy atom. The quantitative estimate of drug-likeness (QED) is 0.700. The zero-order valence-corrected chi connectivity index (χ0v) is 16.8. The van der Waals surface area contributed by atoms with Gasteiger partial charge in [-0.15, -0.1) is 10.2 Å². The van der Waals surface area contributed by atoms with E-state index in [0.717, 1.165) is 55.0 Å². The zero-order valence-electron chi connectivity index (χ0n) is 16.0. The van der Waals surface area contributed by atoms with E-state index in [9.17, 15) is 4.79 Å². The Morgan fingerprint density at radius 2 is 2.10 bits per heavy atom. The highest BCUT2D eigenvalue weighted by Gasteiger charge is 2.44. The van der Waals surface area contributed by atoms with Gasteiger partial charge in [0.1, 0.15) is 10.9 Å². The van der Waals surface area contributed by atoms with Crippen molar-refractivity contribution in [2.75, 3.05) is 10.6 Å². The first-order chi connectivity index (χ1) is 14.1. The summed E-state index contributed by atoms with van der Waals surface area (Å²) in [5, 5.41) is 18.2.